The van der Waals surface area contributed by atoms with E-state index in [-0.39, 0.29) is 23.6 Å². The molecule has 2 N–H and O–H groups in total. The van der Waals surface area contributed by atoms with Crippen LogP contribution in [0.1, 0.15) is 22.8 Å². The van der Waals surface area contributed by atoms with E-state index in [1.807, 2.05) is 0 Å². The minimum absolute atomic E-state index is 0.0137. The van der Waals surface area contributed by atoms with Gasteiger partial charge in [0.05, 0.1) is 5.56 Å². The third kappa shape index (κ3) is 2.77. The van der Waals surface area contributed by atoms with Crippen LogP contribution in [0.25, 0.3) is 0 Å². The number of nitrogens with one attached hydrogen (secondary N) is 1. The summed E-state index contributed by atoms with van der Waals surface area (Å²) < 4.78 is 13.2. The Morgan fingerprint density at radius 2 is 2.13 bits per heavy atom. The fraction of sp³-hybridized carbons (Fsp3) is 0.200. The highest BCUT2D eigenvalue weighted by Gasteiger charge is 2.13. The number of halogens is 1. The van der Waals surface area contributed by atoms with Gasteiger partial charge in [-0.2, -0.15) is 0 Å². The first-order chi connectivity index (χ1) is 7.02. The lowest BCUT2D eigenvalue weighted by atomic mass is 10.1. The van der Waals surface area contributed by atoms with Gasteiger partial charge in [0, 0.05) is 19.0 Å². The van der Waals surface area contributed by atoms with Crippen molar-refractivity contribution in [2.75, 3.05) is 0 Å². The molecule has 0 saturated carbocycles. The Balaban J connectivity index is 3.02. The maximum Gasteiger partial charge on any atom is 0.336 e. The van der Waals surface area contributed by atoms with Gasteiger partial charge in [-0.25, -0.2) is 9.18 Å². The van der Waals surface area contributed by atoms with E-state index in [1.165, 1.54) is 19.1 Å². The van der Waals surface area contributed by atoms with Crippen molar-refractivity contribution >= 4 is 11.9 Å². The standard InChI is InChI=1S/C10H10FNO3/c1-6(13)12-5-8-7(10(14)15)3-2-4-9(8)11/h2-4H,5H2,1H3,(H,12,13)(H,14,15). The summed E-state index contributed by atoms with van der Waals surface area (Å²) in [6.45, 7) is 1.16. The molecular formula is C10H10FNO3. The van der Waals surface area contributed by atoms with Gasteiger partial charge < -0.3 is 10.4 Å². The number of carbonyl (C=O) groups excluding carboxylic acids is 1. The molecular weight excluding hydrogens is 201 g/mol. The largest absolute Gasteiger partial charge is 0.478 e. The number of carboxylic acid groups (broad SMARTS) is 1. The fourth-order valence-electron chi connectivity index (χ4n) is 1.15. The first-order valence-corrected chi connectivity index (χ1v) is 4.27. The first-order valence-electron chi connectivity index (χ1n) is 4.27. The van der Waals surface area contributed by atoms with E-state index < -0.39 is 11.8 Å². The number of hydrogen-bond donors (Lipinski definition) is 2. The van der Waals surface area contributed by atoms with Crippen molar-refractivity contribution in [1.29, 1.82) is 0 Å². The number of benzene rings is 1. The third-order valence-electron chi connectivity index (χ3n) is 1.86. The molecule has 80 valence electrons. The highest BCUT2D eigenvalue weighted by molar-refractivity contribution is 5.89. The molecule has 4 nitrogen and oxygen atoms in total. The molecule has 0 bridgehead atoms. The Bertz CT molecular complexity index is 404. The number of aromatic carboxylic acids is 1. The molecule has 0 heterocycles. The van der Waals surface area contributed by atoms with E-state index in [2.05, 4.69) is 5.32 Å². The van der Waals surface area contributed by atoms with E-state index >= 15 is 0 Å². The van der Waals surface area contributed by atoms with Crippen molar-refractivity contribution in [2.24, 2.45) is 0 Å². The van der Waals surface area contributed by atoms with Gasteiger partial charge in [-0.15, -0.1) is 0 Å². The lowest BCUT2D eigenvalue weighted by Gasteiger charge is -2.07. The monoisotopic (exact) mass is 211 g/mol. The molecule has 0 atom stereocenters. The molecule has 0 spiro atoms. The summed E-state index contributed by atoms with van der Waals surface area (Å²) in [5.74, 6) is -2.19. The minimum Gasteiger partial charge on any atom is -0.478 e. The highest BCUT2D eigenvalue weighted by Crippen LogP contribution is 2.13. The molecule has 0 aromatic heterocycles. The average molecular weight is 211 g/mol. The van der Waals surface area contributed by atoms with Gasteiger partial charge in [-0.05, 0) is 12.1 Å². The van der Waals surface area contributed by atoms with Crippen LogP contribution in [0.5, 0.6) is 0 Å². The van der Waals surface area contributed by atoms with Gasteiger partial charge in [0.2, 0.25) is 5.91 Å². The van der Waals surface area contributed by atoms with Crippen LogP contribution < -0.4 is 5.32 Å². The average Bonchev–Trinajstić information content (AvgIpc) is 2.15. The second-order valence-corrected chi connectivity index (χ2v) is 2.98. The molecule has 5 heteroatoms. The molecule has 15 heavy (non-hydrogen) atoms. The molecule has 0 aliphatic carbocycles. The number of hydrogen-bond acceptors (Lipinski definition) is 2. The predicted octanol–water partition coefficient (Wildman–Crippen LogP) is 1.16. The fourth-order valence-corrected chi connectivity index (χ4v) is 1.15. The molecule has 0 aliphatic heterocycles. The Kier molecular flexibility index (Phi) is 3.38. The number of amides is 1. The van der Waals surface area contributed by atoms with Crippen molar-refractivity contribution < 1.29 is 19.1 Å². The topological polar surface area (TPSA) is 66.4 Å². The second-order valence-electron chi connectivity index (χ2n) is 2.98. The van der Waals surface area contributed by atoms with Crippen LogP contribution in [0, 0.1) is 5.82 Å². The van der Waals surface area contributed by atoms with E-state index in [4.69, 9.17) is 5.11 Å². The molecule has 0 fully saturated rings. The van der Waals surface area contributed by atoms with Gasteiger partial charge in [-0.1, -0.05) is 6.07 Å². The molecule has 1 aromatic rings. The van der Waals surface area contributed by atoms with Crippen molar-refractivity contribution in [3.05, 3.63) is 35.1 Å². The molecule has 0 radical (unpaired) electrons. The van der Waals surface area contributed by atoms with Crippen LogP contribution in [0.3, 0.4) is 0 Å². The smallest absolute Gasteiger partial charge is 0.336 e. The summed E-state index contributed by atoms with van der Waals surface area (Å²) in [6, 6.07) is 3.77. The van der Waals surface area contributed by atoms with Crippen molar-refractivity contribution in [3.8, 4) is 0 Å². The molecule has 0 saturated heterocycles. The zero-order chi connectivity index (χ0) is 11.4. The van der Waals surface area contributed by atoms with Gasteiger partial charge in [0.15, 0.2) is 0 Å². The Morgan fingerprint density at radius 3 is 2.67 bits per heavy atom. The maximum absolute atomic E-state index is 13.2. The quantitative estimate of drug-likeness (QED) is 0.788. The van der Waals surface area contributed by atoms with Crippen LogP contribution in [0.4, 0.5) is 4.39 Å². The number of carbonyl (C=O) groups is 2. The van der Waals surface area contributed by atoms with E-state index in [0.717, 1.165) is 6.07 Å². The molecule has 0 unspecified atom stereocenters. The van der Waals surface area contributed by atoms with Crippen LogP contribution >= 0.6 is 0 Å². The van der Waals surface area contributed by atoms with Gasteiger partial charge in [-0.3, -0.25) is 4.79 Å². The SMILES string of the molecule is CC(=O)NCc1c(F)cccc1C(=O)O. The summed E-state index contributed by atoms with van der Waals surface area (Å²) >= 11 is 0. The minimum atomic E-state index is -1.21. The summed E-state index contributed by atoms with van der Waals surface area (Å²) in [4.78, 5) is 21.4. The van der Waals surface area contributed by atoms with Gasteiger partial charge in [0.1, 0.15) is 5.82 Å². The predicted molar refractivity (Wildman–Crippen MR) is 50.9 cm³/mol. The Morgan fingerprint density at radius 1 is 1.47 bits per heavy atom. The van der Waals surface area contributed by atoms with Gasteiger partial charge >= 0.3 is 5.97 Å². The van der Waals surface area contributed by atoms with Gasteiger partial charge in [0.25, 0.3) is 0 Å². The molecule has 1 amide bonds. The molecule has 1 rings (SSSR count). The normalized spacial score (nSPS) is 9.73. The third-order valence-corrected chi connectivity index (χ3v) is 1.86. The summed E-state index contributed by atoms with van der Waals surface area (Å²) in [6.07, 6.45) is 0. The van der Waals surface area contributed by atoms with Crippen molar-refractivity contribution in [3.63, 3.8) is 0 Å². The first kappa shape index (κ1) is 11.2. The van der Waals surface area contributed by atoms with Crippen molar-refractivity contribution in [1.82, 2.24) is 5.32 Å². The maximum atomic E-state index is 13.2. The van der Waals surface area contributed by atoms with Crippen LogP contribution in [0.2, 0.25) is 0 Å². The molecule has 1 aromatic carbocycles. The van der Waals surface area contributed by atoms with E-state index in [0.29, 0.717) is 0 Å². The van der Waals surface area contributed by atoms with E-state index in [9.17, 15) is 14.0 Å². The second kappa shape index (κ2) is 4.54. The zero-order valence-corrected chi connectivity index (χ0v) is 8.08. The summed E-state index contributed by atoms with van der Waals surface area (Å²) in [7, 11) is 0. The number of carboxylic acids is 1. The Hall–Kier alpha value is -1.91. The van der Waals surface area contributed by atoms with E-state index in [1.54, 1.807) is 0 Å². The highest BCUT2D eigenvalue weighted by atomic mass is 19.1. The van der Waals surface area contributed by atoms with Crippen LogP contribution in [-0.4, -0.2) is 17.0 Å². The Labute approximate surface area is 85.7 Å². The van der Waals surface area contributed by atoms with Crippen LogP contribution in [-0.2, 0) is 11.3 Å². The van der Waals surface area contributed by atoms with Crippen molar-refractivity contribution in [2.45, 2.75) is 13.5 Å². The zero-order valence-electron chi connectivity index (χ0n) is 8.08. The lowest BCUT2D eigenvalue weighted by molar-refractivity contribution is -0.119. The van der Waals surface area contributed by atoms with Crippen LogP contribution in [0.15, 0.2) is 18.2 Å². The summed E-state index contributed by atoms with van der Waals surface area (Å²) in [5.41, 5.74) is -0.149. The summed E-state index contributed by atoms with van der Waals surface area (Å²) in [5, 5.41) is 11.1. The molecule has 0 aliphatic rings. The lowest BCUT2D eigenvalue weighted by Crippen LogP contribution is -2.21. The number of rotatable bonds is 3.